The second-order valence-corrected chi connectivity index (χ2v) is 3.20. The van der Waals surface area contributed by atoms with Crippen molar-refractivity contribution in [2.45, 2.75) is 19.9 Å². The van der Waals surface area contributed by atoms with Crippen molar-refractivity contribution in [2.75, 3.05) is 5.32 Å². The molecule has 4 N–H and O–H groups in total. The maximum Gasteiger partial charge on any atom is 0.212 e. The van der Waals surface area contributed by atoms with E-state index in [9.17, 15) is 4.79 Å². The summed E-state index contributed by atoms with van der Waals surface area (Å²) in [6.45, 7) is 4.03. The second-order valence-electron chi connectivity index (χ2n) is 3.20. The summed E-state index contributed by atoms with van der Waals surface area (Å²) in [6.07, 6.45) is 2.20. The van der Waals surface area contributed by atoms with E-state index in [1.54, 1.807) is 6.20 Å². The van der Waals surface area contributed by atoms with E-state index in [1.807, 2.05) is 13.8 Å². The number of carbonyl (C=O) groups excluding carboxylic acids is 1. The molecule has 1 heterocycles. The zero-order valence-electron chi connectivity index (χ0n) is 7.74. The van der Waals surface area contributed by atoms with Crippen LogP contribution in [0.25, 0.3) is 0 Å². The first kappa shape index (κ1) is 9.73. The fourth-order valence-electron chi connectivity index (χ4n) is 0.957. The van der Waals surface area contributed by atoms with Gasteiger partial charge in [-0.05, 0) is 5.92 Å². The number of hydrogen-bond donors (Lipinski definition) is 3. The molecule has 0 aliphatic rings. The van der Waals surface area contributed by atoms with Crippen LogP contribution in [0.3, 0.4) is 0 Å². The Morgan fingerprint density at radius 3 is 2.92 bits per heavy atom. The van der Waals surface area contributed by atoms with Gasteiger partial charge in [-0.1, -0.05) is 13.8 Å². The number of nitrogens with one attached hydrogen (secondary N) is 2. The Bertz CT molecular complexity index is 281. The molecule has 0 bridgehead atoms. The van der Waals surface area contributed by atoms with Gasteiger partial charge < -0.3 is 16.0 Å². The van der Waals surface area contributed by atoms with Crippen molar-refractivity contribution in [3.8, 4) is 0 Å². The van der Waals surface area contributed by atoms with Gasteiger partial charge in [0.15, 0.2) is 5.82 Å². The molecule has 13 heavy (non-hydrogen) atoms. The molecule has 0 spiro atoms. The van der Waals surface area contributed by atoms with Gasteiger partial charge in [0.2, 0.25) is 6.41 Å². The molecule has 1 amide bonds. The van der Waals surface area contributed by atoms with E-state index >= 15 is 0 Å². The molecule has 1 rings (SSSR count). The quantitative estimate of drug-likeness (QED) is 0.597. The number of nitrogens with zero attached hydrogens (tertiary/aromatic N) is 1. The average molecular weight is 182 g/mol. The van der Waals surface area contributed by atoms with Crippen LogP contribution in [0.2, 0.25) is 0 Å². The van der Waals surface area contributed by atoms with Crippen molar-refractivity contribution < 1.29 is 4.79 Å². The van der Waals surface area contributed by atoms with Gasteiger partial charge in [0.05, 0.1) is 6.04 Å². The van der Waals surface area contributed by atoms with Crippen molar-refractivity contribution in [1.82, 2.24) is 9.97 Å². The zero-order valence-corrected chi connectivity index (χ0v) is 7.74. The van der Waals surface area contributed by atoms with Crippen LogP contribution < -0.4 is 11.1 Å². The van der Waals surface area contributed by atoms with Crippen LogP contribution in [0, 0.1) is 5.92 Å². The van der Waals surface area contributed by atoms with E-state index in [2.05, 4.69) is 15.3 Å². The first-order valence-corrected chi connectivity index (χ1v) is 4.16. The molecule has 0 unspecified atom stereocenters. The number of H-pyrrole nitrogens is 1. The summed E-state index contributed by atoms with van der Waals surface area (Å²) in [6, 6.07) is -0.123. The van der Waals surface area contributed by atoms with Crippen LogP contribution in [-0.2, 0) is 4.79 Å². The maximum absolute atomic E-state index is 10.1. The highest BCUT2D eigenvalue weighted by Crippen LogP contribution is 2.16. The fraction of sp³-hybridized carbons (Fsp3) is 0.500. The van der Waals surface area contributed by atoms with Gasteiger partial charge in [-0.3, -0.25) is 4.79 Å². The summed E-state index contributed by atoms with van der Waals surface area (Å²) in [5.41, 5.74) is 5.84. The molecule has 0 fully saturated rings. The van der Waals surface area contributed by atoms with Gasteiger partial charge in [0.25, 0.3) is 0 Å². The lowest BCUT2D eigenvalue weighted by atomic mass is 10.1. The minimum absolute atomic E-state index is 0.123. The largest absolute Gasteiger partial charge is 0.345 e. The highest BCUT2D eigenvalue weighted by atomic mass is 16.1. The summed E-state index contributed by atoms with van der Waals surface area (Å²) in [5.74, 6) is 1.51. The standard InChI is InChI=1S/C8H14N4O/c1-5(2)7(9)8-10-3-6(12-8)11-4-13/h3-5,7H,9H2,1-2H3,(H,10,12)(H,11,13)/t7-/m0/s1. The molecule has 1 aromatic heterocycles. The number of amides is 1. The van der Waals surface area contributed by atoms with Crippen LogP contribution in [0.4, 0.5) is 5.82 Å². The number of imidazole rings is 1. The van der Waals surface area contributed by atoms with E-state index < -0.39 is 0 Å². The molecule has 0 aliphatic carbocycles. The van der Waals surface area contributed by atoms with Gasteiger partial charge in [0, 0.05) is 6.20 Å². The second kappa shape index (κ2) is 4.04. The Morgan fingerprint density at radius 1 is 1.69 bits per heavy atom. The van der Waals surface area contributed by atoms with Gasteiger partial charge in [-0.15, -0.1) is 0 Å². The molecule has 0 radical (unpaired) electrons. The average Bonchev–Trinajstić information content (AvgIpc) is 2.52. The lowest BCUT2D eigenvalue weighted by Gasteiger charge is -2.11. The summed E-state index contributed by atoms with van der Waals surface area (Å²) >= 11 is 0. The van der Waals surface area contributed by atoms with E-state index in [4.69, 9.17) is 5.73 Å². The van der Waals surface area contributed by atoms with Gasteiger partial charge in [-0.25, -0.2) is 4.98 Å². The number of anilines is 1. The number of hydrogen-bond acceptors (Lipinski definition) is 3. The highest BCUT2D eigenvalue weighted by Gasteiger charge is 2.13. The summed E-state index contributed by atoms with van der Waals surface area (Å²) < 4.78 is 0. The summed E-state index contributed by atoms with van der Waals surface area (Å²) in [5, 5.41) is 2.44. The SMILES string of the molecule is CC(C)[C@H](N)c1nc(NC=O)c[nH]1. The predicted octanol–water partition coefficient (Wildman–Crippen LogP) is 0.634. The van der Waals surface area contributed by atoms with Crippen molar-refractivity contribution in [3.63, 3.8) is 0 Å². The number of carbonyl (C=O) groups is 1. The third kappa shape index (κ3) is 2.29. The van der Waals surface area contributed by atoms with E-state index in [-0.39, 0.29) is 6.04 Å². The summed E-state index contributed by atoms with van der Waals surface area (Å²) in [7, 11) is 0. The minimum Gasteiger partial charge on any atom is -0.345 e. The summed E-state index contributed by atoms with van der Waals surface area (Å²) in [4.78, 5) is 17.1. The molecular formula is C8H14N4O. The van der Waals surface area contributed by atoms with E-state index in [1.165, 1.54) is 0 Å². The number of aromatic amines is 1. The minimum atomic E-state index is -0.123. The molecule has 5 heteroatoms. The first-order chi connectivity index (χ1) is 6.15. The van der Waals surface area contributed by atoms with Crippen LogP contribution in [0.15, 0.2) is 6.20 Å². The number of nitrogens with two attached hydrogens (primary N) is 1. The van der Waals surface area contributed by atoms with E-state index in [0.717, 1.165) is 0 Å². The molecule has 72 valence electrons. The molecule has 0 aliphatic heterocycles. The highest BCUT2D eigenvalue weighted by molar-refractivity contribution is 5.68. The fourth-order valence-corrected chi connectivity index (χ4v) is 0.957. The Kier molecular flexibility index (Phi) is 3.02. The predicted molar refractivity (Wildman–Crippen MR) is 50.0 cm³/mol. The van der Waals surface area contributed by atoms with Crippen molar-refractivity contribution in [2.24, 2.45) is 11.7 Å². The van der Waals surface area contributed by atoms with Crippen molar-refractivity contribution in [1.29, 1.82) is 0 Å². The van der Waals surface area contributed by atoms with Gasteiger partial charge in [0.1, 0.15) is 5.82 Å². The Morgan fingerprint density at radius 2 is 2.38 bits per heavy atom. The molecule has 0 saturated heterocycles. The first-order valence-electron chi connectivity index (χ1n) is 4.16. The third-order valence-electron chi connectivity index (χ3n) is 1.84. The molecule has 5 nitrogen and oxygen atoms in total. The Hall–Kier alpha value is -1.36. The lowest BCUT2D eigenvalue weighted by molar-refractivity contribution is -0.105. The van der Waals surface area contributed by atoms with Crippen molar-refractivity contribution >= 4 is 12.2 Å². The molecule has 0 saturated carbocycles. The van der Waals surface area contributed by atoms with Gasteiger partial charge in [-0.2, -0.15) is 0 Å². The normalized spacial score (nSPS) is 12.9. The third-order valence-corrected chi connectivity index (χ3v) is 1.84. The van der Waals surface area contributed by atoms with Crippen molar-refractivity contribution in [3.05, 3.63) is 12.0 Å². The lowest BCUT2D eigenvalue weighted by Crippen LogP contribution is -2.18. The number of rotatable bonds is 4. The Labute approximate surface area is 76.7 Å². The van der Waals surface area contributed by atoms with Gasteiger partial charge >= 0.3 is 0 Å². The molecule has 1 aromatic rings. The van der Waals surface area contributed by atoms with Crippen LogP contribution in [-0.4, -0.2) is 16.4 Å². The zero-order chi connectivity index (χ0) is 9.84. The van der Waals surface area contributed by atoms with E-state index in [0.29, 0.717) is 24.0 Å². The smallest absolute Gasteiger partial charge is 0.212 e. The molecular weight excluding hydrogens is 168 g/mol. The van der Waals surface area contributed by atoms with Crippen LogP contribution >= 0.6 is 0 Å². The molecule has 0 aromatic carbocycles. The Balaban J connectivity index is 2.73. The van der Waals surface area contributed by atoms with Crippen LogP contribution in [0.1, 0.15) is 25.7 Å². The topological polar surface area (TPSA) is 83.8 Å². The van der Waals surface area contributed by atoms with Crippen LogP contribution in [0.5, 0.6) is 0 Å². The molecule has 1 atom stereocenters. The number of aromatic nitrogens is 2. The monoisotopic (exact) mass is 182 g/mol. The maximum atomic E-state index is 10.1.